The molecule has 0 unspecified atom stereocenters. The second kappa shape index (κ2) is 10.5. The van der Waals surface area contributed by atoms with Crippen LogP contribution >= 0.6 is 0 Å². The number of carbonyl (C=O) groups excluding carboxylic acids is 1. The van der Waals surface area contributed by atoms with Crippen LogP contribution in [0.2, 0.25) is 0 Å². The van der Waals surface area contributed by atoms with Crippen molar-refractivity contribution >= 4 is 34.7 Å². The molecule has 0 atom stereocenters. The van der Waals surface area contributed by atoms with Gasteiger partial charge in [0.2, 0.25) is 0 Å². The highest BCUT2D eigenvalue weighted by Gasteiger charge is 2.18. The summed E-state index contributed by atoms with van der Waals surface area (Å²) in [6, 6.07) is 5.51. The Morgan fingerprint density at radius 2 is 2.00 bits per heavy atom. The van der Waals surface area contributed by atoms with Gasteiger partial charge >= 0.3 is 6.03 Å². The molecule has 8 nitrogen and oxygen atoms in total. The predicted octanol–water partition coefficient (Wildman–Crippen LogP) is 3.86. The third kappa shape index (κ3) is 6.75. The Balaban J connectivity index is 1.70. The number of allylic oxidation sites excluding steroid dienone is 1. The zero-order valence-corrected chi connectivity index (χ0v) is 19.5. The summed E-state index contributed by atoms with van der Waals surface area (Å²) in [6.07, 6.45) is 9.30. The quantitative estimate of drug-likeness (QED) is 0.446. The highest BCUT2D eigenvalue weighted by molar-refractivity contribution is 6.08. The molecule has 0 aliphatic heterocycles. The van der Waals surface area contributed by atoms with Crippen LogP contribution in [0.25, 0.3) is 16.6 Å². The molecule has 0 saturated heterocycles. The van der Waals surface area contributed by atoms with Gasteiger partial charge in [0, 0.05) is 48.9 Å². The van der Waals surface area contributed by atoms with Gasteiger partial charge in [-0.05, 0) is 50.6 Å². The van der Waals surface area contributed by atoms with Gasteiger partial charge in [0.1, 0.15) is 5.82 Å². The van der Waals surface area contributed by atoms with Crippen molar-refractivity contribution in [3.05, 3.63) is 36.2 Å². The molecule has 8 heteroatoms. The van der Waals surface area contributed by atoms with Crippen molar-refractivity contribution < 1.29 is 4.79 Å². The largest absolute Gasteiger partial charge is 0.390 e. The van der Waals surface area contributed by atoms with Gasteiger partial charge in [-0.15, -0.1) is 0 Å². The Bertz CT molecular complexity index is 977. The molecular formula is C24H35N7O. The zero-order valence-electron chi connectivity index (χ0n) is 19.5. The second-order valence-electron chi connectivity index (χ2n) is 9.57. The Labute approximate surface area is 190 Å². The number of hydrogen-bond acceptors (Lipinski definition) is 6. The Hall–Kier alpha value is -3.00. The molecule has 4 N–H and O–H groups in total. The van der Waals surface area contributed by atoms with Crippen molar-refractivity contribution in [2.45, 2.75) is 45.6 Å². The van der Waals surface area contributed by atoms with Gasteiger partial charge in [0.15, 0.2) is 0 Å². The Morgan fingerprint density at radius 3 is 2.69 bits per heavy atom. The van der Waals surface area contributed by atoms with Crippen LogP contribution in [0.1, 0.15) is 45.1 Å². The maximum atomic E-state index is 12.3. The van der Waals surface area contributed by atoms with E-state index in [0.29, 0.717) is 11.3 Å². The monoisotopic (exact) mass is 437 g/mol. The lowest BCUT2D eigenvalue weighted by Gasteiger charge is -2.28. The molecule has 2 amide bonds. The van der Waals surface area contributed by atoms with Gasteiger partial charge in [-0.25, -0.2) is 9.78 Å². The van der Waals surface area contributed by atoms with Crippen LogP contribution in [0.15, 0.2) is 30.6 Å². The summed E-state index contributed by atoms with van der Waals surface area (Å²) in [5, 5.41) is 17.0. The lowest BCUT2D eigenvalue weighted by atomic mass is 9.93. The minimum atomic E-state index is -0.225. The number of urea groups is 1. The van der Waals surface area contributed by atoms with Crippen LogP contribution in [0.3, 0.4) is 0 Å². The maximum absolute atomic E-state index is 12.3. The summed E-state index contributed by atoms with van der Waals surface area (Å²) < 4.78 is 0. The number of aromatic nitrogens is 2. The van der Waals surface area contributed by atoms with Crippen molar-refractivity contribution in [2.75, 3.05) is 32.5 Å². The van der Waals surface area contributed by atoms with Gasteiger partial charge in [-0.3, -0.25) is 10.3 Å². The van der Waals surface area contributed by atoms with E-state index < -0.39 is 0 Å². The fourth-order valence-corrected chi connectivity index (χ4v) is 4.20. The van der Waals surface area contributed by atoms with Gasteiger partial charge < -0.3 is 20.9 Å². The molecule has 0 spiro atoms. The van der Waals surface area contributed by atoms with Crippen LogP contribution in [-0.2, 0) is 0 Å². The summed E-state index contributed by atoms with van der Waals surface area (Å²) in [5.41, 5.74) is 3.02. The van der Waals surface area contributed by atoms with E-state index in [2.05, 4.69) is 58.8 Å². The van der Waals surface area contributed by atoms with E-state index >= 15 is 0 Å². The third-order valence-corrected chi connectivity index (χ3v) is 5.54. The molecule has 2 aromatic heterocycles. The van der Waals surface area contributed by atoms with Gasteiger partial charge in [0.05, 0.1) is 11.0 Å². The molecule has 32 heavy (non-hydrogen) atoms. The number of amides is 2. The van der Waals surface area contributed by atoms with E-state index in [0.717, 1.165) is 42.6 Å². The van der Waals surface area contributed by atoms with Crippen molar-refractivity contribution in [3.63, 3.8) is 0 Å². The first-order valence-electron chi connectivity index (χ1n) is 11.2. The van der Waals surface area contributed by atoms with Gasteiger partial charge in [-0.1, -0.05) is 26.7 Å². The molecule has 172 valence electrons. The molecule has 1 fully saturated rings. The first kappa shape index (κ1) is 23.7. The van der Waals surface area contributed by atoms with Gasteiger partial charge in [0.25, 0.3) is 0 Å². The fourth-order valence-electron chi connectivity index (χ4n) is 4.20. The normalized spacial score (nSPS) is 15.2. The molecule has 3 rings (SSSR count). The van der Waals surface area contributed by atoms with E-state index in [1.54, 1.807) is 12.3 Å². The number of anilines is 1. The predicted molar refractivity (Wildman–Crippen MR) is 131 cm³/mol. The van der Waals surface area contributed by atoms with E-state index in [-0.39, 0.29) is 17.5 Å². The number of nitrogens with one attached hydrogen (secondary N) is 4. The summed E-state index contributed by atoms with van der Waals surface area (Å²) in [6.45, 7) is 6.15. The number of rotatable bonds is 9. The smallest absolute Gasteiger partial charge is 0.320 e. The van der Waals surface area contributed by atoms with E-state index in [1.165, 1.54) is 19.1 Å². The molecule has 1 aliphatic carbocycles. The summed E-state index contributed by atoms with van der Waals surface area (Å²) in [5.74, 6) is 0.482. The summed E-state index contributed by atoms with van der Waals surface area (Å²) >= 11 is 0. The topological polar surface area (TPSA) is 106 Å². The molecule has 1 saturated carbocycles. The van der Waals surface area contributed by atoms with Crippen molar-refractivity contribution in [1.29, 1.82) is 5.41 Å². The average molecular weight is 438 g/mol. The highest BCUT2D eigenvalue weighted by atomic mass is 16.2. The molecule has 2 heterocycles. The van der Waals surface area contributed by atoms with Crippen LogP contribution in [0, 0.1) is 10.8 Å². The van der Waals surface area contributed by atoms with Crippen molar-refractivity contribution in [3.8, 4) is 0 Å². The van der Waals surface area contributed by atoms with Crippen LogP contribution < -0.4 is 16.0 Å². The lowest BCUT2D eigenvalue weighted by molar-refractivity contribution is 0.239. The van der Waals surface area contributed by atoms with Crippen LogP contribution in [0.4, 0.5) is 10.6 Å². The van der Waals surface area contributed by atoms with Gasteiger partial charge in [-0.2, -0.15) is 0 Å². The number of nitrogens with zero attached hydrogens (tertiary/aromatic N) is 3. The highest BCUT2D eigenvalue weighted by Crippen LogP contribution is 2.20. The summed E-state index contributed by atoms with van der Waals surface area (Å²) in [7, 11) is 4.13. The zero-order chi connectivity index (χ0) is 23.1. The number of hydrogen-bond donors (Lipinski definition) is 4. The average Bonchev–Trinajstić information content (AvgIpc) is 3.22. The standard InChI is InChI=1S/C24H35N7O/c1-24(2,16-31(3)4)15-26-13-18(12-25)17-11-21-20(27-14-17)9-10-22(29-21)30-23(32)28-19-7-5-6-8-19/h9-14,19,25-26H,5-8,15-16H2,1-4H3,(H2,28,29,30,32)/b18-13+,25-12?. The minimum Gasteiger partial charge on any atom is -0.390 e. The van der Waals surface area contributed by atoms with E-state index in [4.69, 9.17) is 5.41 Å². The Morgan fingerprint density at radius 1 is 1.25 bits per heavy atom. The third-order valence-electron chi connectivity index (χ3n) is 5.54. The van der Waals surface area contributed by atoms with E-state index in [9.17, 15) is 4.79 Å². The molecule has 0 aromatic carbocycles. The maximum Gasteiger partial charge on any atom is 0.320 e. The van der Waals surface area contributed by atoms with Crippen LogP contribution in [0.5, 0.6) is 0 Å². The minimum absolute atomic E-state index is 0.0932. The number of pyridine rings is 2. The van der Waals surface area contributed by atoms with Crippen LogP contribution in [-0.4, -0.2) is 60.3 Å². The molecular weight excluding hydrogens is 402 g/mol. The van der Waals surface area contributed by atoms with Crippen molar-refractivity contribution in [2.24, 2.45) is 5.41 Å². The summed E-state index contributed by atoms with van der Waals surface area (Å²) in [4.78, 5) is 23.5. The molecule has 2 aromatic rings. The number of fused-ring (bicyclic) bond motifs is 1. The van der Waals surface area contributed by atoms with Crippen molar-refractivity contribution in [1.82, 2.24) is 25.5 Å². The number of carbonyl (C=O) groups is 1. The first-order chi connectivity index (χ1) is 15.3. The SMILES string of the molecule is CN(C)CC(C)(C)CN/C=C(\C=N)c1cnc2ccc(NC(=O)NC3CCCC3)nc2c1. The fraction of sp³-hybridized carbons (Fsp3) is 0.500. The lowest BCUT2D eigenvalue weighted by Crippen LogP contribution is -2.36. The molecule has 1 aliphatic rings. The molecule has 0 bridgehead atoms. The molecule has 0 radical (unpaired) electrons. The van der Waals surface area contributed by atoms with E-state index in [1.807, 2.05) is 18.3 Å². The first-order valence-corrected chi connectivity index (χ1v) is 11.2. The Kier molecular flexibility index (Phi) is 7.80. The second-order valence-corrected chi connectivity index (χ2v) is 9.57.